The number of thiophene rings is 1. The van der Waals surface area contributed by atoms with E-state index in [4.69, 9.17) is 11.6 Å². The predicted octanol–water partition coefficient (Wildman–Crippen LogP) is 4.61. The zero-order valence-electron chi connectivity index (χ0n) is 12.3. The summed E-state index contributed by atoms with van der Waals surface area (Å²) in [7, 11) is -4.06. The SMILES string of the molecule is O=S(=O)(N[C@H](c1ccccc1)c1cccs1)c1ccc(Cl)cc1F. The summed E-state index contributed by atoms with van der Waals surface area (Å²) in [6, 6.07) is 15.7. The molecule has 0 fully saturated rings. The van der Waals surface area contributed by atoms with Crippen LogP contribution >= 0.6 is 22.9 Å². The van der Waals surface area contributed by atoms with Crippen LogP contribution in [-0.4, -0.2) is 8.42 Å². The van der Waals surface area contributed by atoms with Crippen LogP contribution in [0.1, 0.15) is 16.5 Å². The molecule has 0 aliphatic carbocycles. The second-order valence-electron chi connectivity index (χ2n) is 5.06. The molecule has 0 unspecified atom stereocenters. The lowest BCUT2D eigenvalue weighted by Gasteiger charge is -2.18. The van der Waals surface area contributed by atoms with E-state index in [1.54, 1.807) is 0 Å². The molecule has 1 heterocycles. The van der Waals surface area contributed by atoms with Crippen LogP contribution < -0.4 is 4.72 Å². The first-order chi connectivity index (χ1) is 11.5. The fourth-order valence-electron chi connectivity index (χ4n) is 2.30. The number of nitrogens with one attached hydrogen (secondary N) is 1. The van der Waals surface area contributed by atoms with Gasteiger partial charge in [0.05, 0.1) is 6.04 Å². The summed E-state index contributed by atoms with van der Waals surface area (Å²) in [4.78, 5) is 0.392. The Hall–Kier alpha value is -1.73. The van der Waals surface area contributed by atoms with Crippen LogP contribution in [0.3, 0.4) is 0 Å². The zero-order chi connectivity index (χ0) is 17.2. The largest absolute Gasteiger partial charge is 0.244 e. The van der Waals surface area contributed by atoms with Crippen LogP contribution in [0.15, 0.2) is 70.9 Å². The first-order valence-electron chi connectivity index (χ1n) is 7.03. The highest BCUT2D eigenvalue weighted by molar-refractivity contribution is 7.89. The van der Waals surface area contributed by atoms with Crippen LogP contribution in [0.4, 0.5) is 4.39 Å². The molecule has 0 aliphatic heterocycles. The zero-order valence-corrected chi connectivity index (χ0v) is 14.7. The molecule has 3 nitrogen and oxygen atoms in total. The molecule has 3 rings (SSSR count). The van der Waals surface area contributed by atoms with Crippen molar-refractivity contribution in [2.24, 2.45) is 0 Å². The Labute approximate surface area is 148 Å². The van der Waals surface area contributed by atoms with Gasteiger partial charge in [0.15, 0.2) is 0 Å². The number of hydrogen-bond acceptors (Lipinski definition) is 3. The number of halogens is 2. The van der Waals surface area contributed by atoms with Crippen molar-refractivity contribution < 1.29 is 12.8 Å². The van der Waals surface area contributed by atoms with Crippen LogP contribution in [0.2, 0.25) is 5.02 Å². The highest BCUT2D eigenvalue weighted by Gasteiger charge is 2.26. The number of benzene rings is 2. The first-order valence-corrected chi connectivity index (χ1v) is 9.77. The van der Waals surface area contributed by atoms with Crippen molar-refractivity contribution >= 4 is 33.0 Å². The molecule has 24 heavy (non-hydrogen) atoms. The van der Waals surface area contributed by atoms with Crippen molar-refractivity contribution in [3.63, 3.8) is 0 Å². The van der Waals surface area contributed by atoms with Gasteiger partial charge in [-0.05, 0) is 35.2 Å². The second-order valence-corrected chi connectivity index (χ2v) is 8.15. The summed E-state index contributed by atoms with van der Waals surface area (Å²) in [5.41, 5.74) is 0.776. The van der Waals surface area contributed by atoms with Gasteiger partial charge in [0.2, 0.25) is 10.0 Å². The van der Waals surface area contributed by atoms with Crippen molar-refractivity contribution in [1.82, 2.24) is 4.72 Å². The van der Waals surface area contributed by atoms with Crippen LogP contribution in [0.25, 0.3) is 0 Å². The molecule has 7 heteroatoms. The van der Waals surface area contributed by atoms with E-state index in [1.807, 2.05) is 47.8 Å². The van der Waals surface area contributed by atoms with Crippen molar-refractivity contribution in [2.45, 2.75) is 10.9 Å². The molecule has 0 bridgehead atoms. The third-order valence-electron chi connectivity index (χ3n) is 3.42. The summed E-state index contributed by atoms with van der Waals surface area (Å²) in [6.45, 7) is 0. The standard InChI is InChI=1S/C17H13ClFNO2S2/c18-13-8-9-16(14(19)11-13)24(21,22)20-17(15-7-4-10-23-15)12-5-2-1-3-6-12/h1-11,17,20H/t17-/m1/s1. The third kappa shape index (κ3) is 3.67. The van der Waals surface area contributed by atoms with Crippen molar-refractivity contribution in [3.05, 3.63) is 87.3 Å². The molecule has 2 aromatic carbocycles. The van der Waals surface area contributed by atoms with Crippen molar-refractivity contribution in [1.29, 1.82) is 0 Å². The van der Waals surface area contributed by atoms with Gasteiger partial charge in [0, 0.05) is 9.90 Å². The summed E-state index contributed by atoms with van der Waals surface area (Å²) in [6.07, 6.45) is 0. The fourth-order valence-corrected chi connectivity index (χ4v) is 4.60. The summed E-state index contributed by atoms with van der Waals surface area (Å²) in [5, 5.41) is 2.01. The number of hydrogen-bond donors (Lipinski definition) is 1. The van der Waals surface area contributed by atoms with Crippen LogP contribution in [0.5, 0.6) is 0 Å². The minimum absolute atomic E-state index is 0.143. The van der Waals surface area contributed by atoms with Gasteiger partial charge in [0.25, 0.3) is 0 Å². The predicted molar refractivity (Wildman–Crippen MR) is 94.3 cm³/mol. The highest BCUT2D eigenvalue weighted by atomic mass is 35.5. The molecule has 3 aromatic rings. The summed E-state index contributed by atoms with van der Waals surface area (Å²) < 4.78 is 41.9. The monoisotopic (exact) mass is 381 g/mol. The Morgan fingerprint density at radius 1 is 1.04 bits per heavy atom. The summed E-state index contributed by atoms with van der Waals surface area (Å²) >= 11 is 7.12. The maximum Gasteiger partial charge on any atom is 0.244 e. The Morgan fingerprint density at radius 3 is 2.42 bits per heavy atom. The molecule has 1 atom stereocenters. The molecule has 0 aliphatic rings. The van der Waals surface area contributed by atoms with Gasteiger partial charge in [-0.3, -0.25) is 0 Å². The minimum Gasteiger partial charge on any atom is -0.207 e. The number of rotatable bonds is 5. The quantitative estimate of drug-likeness (QED) is 0.701. The van der Waals surface area contributed by atoms with Crippen LogP contribution in [-0.2, 0) is 10.0 Å². The molecule has 0 amide bonds. The maximum absolute atomic E-state index is 14.0. The lowest BCUT2D eigenvalue weighted by molar-refractivity contribution is 0.551. The Morgan fingerprint density at radius 2 is 1.79 bits per heavy atom. The Kier molecular flexibility index (Phi) is 5.01. The van der Waals surface area contributed by atoms with Crippen molar-refractivity contribution in [2.75, 3.05) is 0 Å². The molecule has 0 saturated heterocycles. The molecule has 1 aromatic heterocycles. The lowest BCUT2D eigenvalue weighted by atomic mass is 10.1. The smallest absolute Gasteiger partial charge is 0.207 e. The van der Waals surface area contributed by atoms with E-state index >= 15 is 0 Å². The molecule has 0 radical (unpaired) electrons. The second kappa shape index (κ2) is 7.03. The normalized spacial score (nSPS) is 12.9. The third-order valence-corrected chi connectivity index (χ3v) is 6.05. The van der Waals surface area contributed by atoms with Gasteiger partial charge in [-0.2, -0.15) is 4.72 Å². The van der Waals surface area contributed by atoms with E-state index in [-0.39, 0.29) is 5.02 Å². The Bertz CT molecular complexity index is 928. The topological polar surface area (TPSA) is 46.2 Å². The highest BCUT2D eigenvalue weighted by Crippen LogP contribution is 2.28. The lowest BCUT2D eigenvalue weighted by Crippen LogP contribution is -2.29. The van der Waals surface area contributed by atoms with Gasteiger partial charge in [-0.15, -0.1) is 11.3 Å². The van der Waals surface area contributed by atoms with E-state index in [9.17, 15) is 12.8 Å². The minimum atomic E-state index is -4.06. The van der Waals surface area contributed by atoms with E-state index in [0.717, 1.165) is 22.6 Å². The Balaban J connectivity index is 2.01. The fraction of sp³-hybridized carbons (Fsp3) is 0.0588. The molecular weight excluding hydrogens is 369 g/mol. The van der Waals surface area contributed by atoms with Gasteiger partial charge >= 0.3 is 0 Å². The van der Waals surface area contributed by atoms with E-state index in [0.29, 0.717) is 0 Å². The van der Waals surface area contributed by atoms with Gasteiger partial charge < -0.3 is 0 Å². The summed E-state index contributed by atoms with van der Waals surface area (Å²) in [5.74, 6) is -0.881. The van der Waals surface area contributed by atoms with E-state index in [1.165, 1.54) is 17.4 Å². The molecule has 0 saturated carbocycles. The van der Waals surface area contributed by atoms with E-state index < -0.39 is 26.8 Å². The average molecular weight is 382 g/mol. The molecular formula is C17H13ClFNO2S2. The molecule has 0 spiro atoms. The van der Waals surface area contributed by atoms with Crippen molar-refractivity contribution in [3.8, 4) is 0 Å². The number of sulfonamides is 1. The average Bonchev–Trinajstić information content (AvgIpc) is 3.07. The van der Waals surface area contributed by atoms with Gasteiger partial charge in [-0.1, -0.05) is 48.0 Å². The molecule has 1 N–H and O–H groups in total. The van der Waals surface area contributed by atoms with E-state index in [2.05, 4.69) is 4.72 Å². The maximum atomic E-state index is 14.0. The van der Waals surface area contributed by atoms with Gasteiger partial charge in [0.1, 0.15) is 10.7 Å². The molecule has 124 valence electrons. The van der Waals surface area contributed by atoms with Gasteiger partial charge in [-0.25, -0.2) is 12.8 Å². The van der Waals surface area contributed by atoms with Crippen LogP contribution in [0, 0.1) is 5.82 Å². The first kappa shape index (κ1) is 17.1.